The van der Waals surface area contributed by atoms with E-state index in [-0.39, 0.29) is 0 Å². The normalized spacial score (nSPS) is 9.46. The van der Waals surface area contributed by atoms with Crippen LogP contribution in [0, 0.1) is 0 Å². The van der Waals surface area contributed by atoms with Gasteiger partial charge >= 0.3 is 5.97 Å². The first-order valence-electron chi connectivity index (χ1n) is 3.92. The van der Waals surface area contributed by atoms with E-state index in [9.17, 15) is 4.79 Å². The highest BCUT2D eigenvalue weighted by atomic mass is 35.5. The van der Waals surface area contributed by atoms with E-state index in [0.717, 1.165) is 12.7 Å². The second kappa shape index (κ2) is 4.28. The van der Waals surface area contributed by atoms with Gasteiger partial charge in [0.25, 0.3) is 0 Å². The molecule has 0 radical (unpaired) electrons. The maximum atomic E-state index is 11.2. The molecule has 0 amide bonds. The van der Waals surface area contributed by atoms with Crippen LogP contribution in [0.15, 0.2) is 12.1 Å². The summed E-state index contributed by atoms with van der Waals surface area (Å²) in [6.07, 6.45) is 0. The number of aromatic nitrogens is 1. The molecule has 1 aromatic heterocycles. The van der Waals surface area contributed by atoms with E-state index in [2.05, 4.69) is 9.72 Å². The van der Waals surface area contributed by atoms with Gasteiger partial charge in [-0.05, 0) is 6.07 Å². The Labute approximate surface area is 82.3 Å². The summed E-state index contributed by atoms with van der Waals surface area (Å²) in [6.45, 7) is 1.94. The number of hydrogen-bond acceptors (Lipinski definition) is 3. The van der Waals surface area contributed by atoms with Crippen molar-refractivity contribution in [2.24, 2.45) is 0 Å². The summed E-state index contributed by atoms with van der Waals surface area (Å²) in [4.78, 5) is 15.1. The Morgan fingerprint density at radius 2 is 2.31 bits per heavy atom. The Morgan fingerprint density at radius 3 is 2.85 bits per heavy atom. The van der Waals surface area contributed by atoms with Crippen molar-refractivity contribution in [3.63, 3.8) is 0 Å². The Kier molecular flexibility index (Phi) is 3.31. The molecule has 0 aromatic carbocycles. The molecule has 1 rings (SSSR count). The fourth-order valence-corrected chi connectivity index (χ4v) is 1.17. The van der Waals surface area contributed by atoms with Crippen molar-refractivity contribution in [1.29, 1.82) is 0 Å². The monoisotopic (exact) mass is 197 g/mol. The van der Waals surface area contributed by atoms with Crippen molar-refractivity contribution in [3.8, 4) is 0 Å². The van der Waals surface area contributed by atoms with Crippen molar-refractivity contribution in [1.82, 2.24) is 4.98 Å². The van der Waals surface area contributed by atoms with Crippen LogP contribution in [0.25, 0.3) is 0 Å². The molecule has 1 aromatic rings. The van der Waals surface area contributed by atoms with E-state index in [1.165, 1.54) is 7.11 Å². The van der Waals surface area contributed by atoms with Gasteiger partial charge in [0.05, 0.1) is 7.11 Å². The first kappa shape index (κ1) is 10.1. The van der Waals surface area contributed by atoms with Gasteiger partial charge in [0.1, 0.15) is 10.8 Å². The fraction of sp³-hybridized carbons (Fsp3) is 0.250. The largest absolute Gasteiger partial charge is 0.464 e. The molecule has 0 aliphatic rings. The molecule has 0 saturated heterocycles. The Bertz CT molecular complexity index is 330. The number of carbonyl (C=O) groups excluding carboxylic acids is 1. The van der Waals surface area contributed by atoms with Crippen LogP contribution in [0.3, 0.4) is 0 Å². The molecule has 0 aliphatic carbocycles. The van der Waals surface area contributed by atoms with Gasteiger partial charge in [0, 0.05) is 0 Å². The van der Waals surface area contributed by atoms with E-state index in [0.29, 0.717) is 10.8 Å². The number of hydrogen-bond donors (Lipinski definition) is 0. The molecule has 0 bridgehead atoms. The lowest BCUT2D eigenvalue weighted by Crippen LogP contribution is -2.23. The van der Waals surface area contributed by atoms with E-state index >= 15 is 0 Å². The standard InChI is InChI=1S/C8H9BClNO2/c1-9-5-3-4-6(10)11-7(5)8(12)13-2/h3-4,9H,1-2H3. The predicted octanol–water partition coefficient (Wildman–Crippen LogP) is 0.631. The molecule has 0 aliphatic heterocycles. The Morgan fingerprint density at radius 1 is 1.62 bits per heavy atom. The molecule has 0 unspecified atom stereocenters. The first-order valence-corrected chi connectivity index (χ1v) is 4.30. The summed E-state index contributed by atoms with van der Waals surface area (Å²) >= 11 is 5.66. The second-order valence-corrected chi connectivity index (χ2v) is 2.87. The topological polar surface area (TPSA) is 39.2 Å². The highest BCUT2D eigenvalue weighted by molar-refractivity contribution is 6.53. The molecule has 0 saturated carbocycles. The number of halogens is 1. The number of carbonyl (C=O) groups is 1. The SMILES string of the molecule is CBc1ccc(Cl)nc1C(=O)OC. The summed E-state index contributed by atoms with van der Waals surface area (Å²) in [7, 11) is 2.05. The quantitative estimate of drug-likeness (QED) is 0.397. The van der Waals surface area contributed by atoms with Crippen LogP contribution in [-0.4, -0.2) is 25.3 Å². The van der Waals surface area contributed by atoms with Crippen molar-refractivity contribution in [2.75, 3.05) is 7.11 Å². The number of nitrogens with zero attached hydrogens (tertiary/aromatic N) is 1. The van der Waals surface area contributed by atoms with Gasteiger partial charge in [0.15, 0.2) is 7.28 Å². The van der Waals surface area contributed by atoms with Gasteiger partial charge in [-0.2, -0.15) is 0 Å². The summed E-state index contributed by atoms with van der Waals surface area (Å²) in [5, 5.41) is 0.303. The third-order valence-corrected chi connectivity index (χ3v) is 1.91. The van der Waals surface area contributed by atoms with Crippen molar-refractivity contribution < 1.29 is 9.53 Å². The number of ether oxygens (including phenoxy) is 1. The zero-order valence-corrected chi connectivity index (χ0v) is 8.26. The lowest BCUT2D eigenvalue weighted by atomic mass is 9.72. The molecule has 3 nitrogen and oxygen atoms in total. The van der Waals surface area contributed by atoms with Crippen LogP contribution in [0.5, 0.6) is 0 Å². The van der Waals surface area contributed by atoms with E-state index < -0.39 is 5.97 Å². The van der Waals surface area contributed by atoms with E-state index in [1.807, 2.05) is 6.82 Å². The number of methoxy groups -OCH3 is 1. The molecule has 0 fully saturated rings. The highest BCUT2D eigenvalue weighted by Gasteiger charge is 2.12. The second-order valence-electron chi connectivity index (χ2n) is 2.49. The van der Waals surface area contributed by atoms with Crippen LogP contribution in [0.1, 0.15) is 10.5 Å². The van der Waals surface area contributed by atoms with Gasteiger partial charge in [0.2, 0.25) is 0 Å². The van der Waals surface area contributed by atoms with Crippen molar-refractivity contribution in [2.45, 2.75) is 6.82 Å². The van der Waals surface area contributed by atoms with Crippen LogP contribution >= 0.6 is 11.6 Å². The molecular weight excluding hydrogens is 188 g/mol. The molecule has 0 N–H and O–H groups in total. The third kappa shape index (κ3) is 2.22. The smallest absolute Gasteiger partial charge is 0.356 e. The summed E-state index contributed by atoms with van der Waals surface area (Å²) < 4.78 is 4.57. The molecule has 1 heterocycles. The van der Waals surface area contributed by atoms with Crippen LogP contribution in [0.4, 0.5) is 0 Å². The number of rotatable bonds is 2. The maximum absolute atomic E-state index is 11.2. The first-order chi connectivity index (χ1) is 6.19. The van der Waals surface area contributed by atoms with Crippen molar-refractivity contribution >= 4 is 30.3 Å². The van der Waals surface area contributed by atoms with Crippen LogP contribution in [0.2, 0.25) is 12.0 Å². The van der Waals surface area contributed by atoms with Gasteiger partial charge < -0.3 is 4.74 Å². The Hall–Kier alpha value is -1.03. The minimum absolute atomic E-state index is 0.303. The minimum Gasteiger partial charge on any atom is -0.464 e. The zero-order chi connectivity index (χ0) is 9.84. The lowest BCUT2D eigenvalue weighted by molar-refractivity contribution is 0.0596. The molecule has 68 valence electrons. The summed E-state index contributed by atoms with van der Waals surface area (Å²) in [5.74, 6) is -0.445. The Balaban J connectivity index is 3.15. The molecule has 0 atom stereocenters. The highest BCUT2D eigenvalue weighted by Crippen LogP contribution is 2.04. The van der Waals surface area contributed by atoms with Crippen LogP contribution in [-0.2, 0) is 4.74 Å². The third-order valence-electron chi connectivity index (χ3n) is 1.70. The summed E-state index contributed by atoms with van der Waals surface area (Å²) in [5.41, 5.74) is 1.15. The average Bonchev–Trinajstić information content (AvgIpc) is 2.16. The van der Waals surface area contributed by atoms with E-state index in [1.54, 1.807) is 12.1 Å². The summed E-state index contributed by atoms with van der Waals surface area (Å²) in [6, 6.07) is 3.44. The van der Waals surface area contributed by atoms with Crippen molar-refractivity contribution in [3.05, 3.63) is 23.0 Å². The fourth-order valence-electron chi connectivity index (χ4n) is 1.02. The zero-order valence-electron chi connectivity index (χ0n) is 7.50. The predicted molar refractivity (Wildman–Crippen MR) is 53.2 cm³/mol. The molecule has 5 heteroatoms. The lowest BCUT2D eigenvalue weighted by Gasteiger charge is -2.03. The minimum atomic E-state index is -0.445. The van der Waals surface area contributed by atoms with Gasteiger partial charge in [-0.3, -0.25) is 0 Å². The molecule has 13 heavy (non-hydrogen) atoms. The maximum Gasteiger partial charge on any atom is 0.356 e. The molecule has 0 spiro atoms. The number of pyridine rings is 1. The molecular formula is C8H9BClNO2. The number of esters is 1. The van der Waals surface area contributed by atoms with Gasteiger partial charge in [-0.1, -0.05) is 30.0 Å². The average molecular weight is 197 g/mol. The van der Waals surface area contributed by atoms with Gasteiger partial charge in [-0.25, -0.2) is 9.78 Å². The van der Waals surface area contributed by atoms with Gasteiger partial charge in [-0.15, -0.1) is 0 Å². The van der Waals surface area contributed by atoms with E-state index in [4.69, 9.17) is 11.6 Å². The van der Waals surface area contributed by atoms with Crippen LogP contribution < -0.4 is 5.46 Å².